The fraction of sp³-hybridized carbons (Fsp3) is 0.833. The van der Waals surface area contributed by atoms with Crippen LogP contribution in [-0.4, -0.2) is 36.5 Å². The second-order valence-corrected chi connectivity index (χ2v) is 4.39. The van der Waals surface area contributed by atoms with E-state index in [1.54, 1.807) is 0 Å². The largest absolute Gasteiger partial charge is 0.381 e. The predicted molar refractivity (Wildman–Crippen MR) is 66.4 cm³/mol. The third-order valence-corrected chi connectivity index (χ3v) is 3.08. The van der Waals surface area contributed by atoms with Gasteiger partial charge in [-0.3, -0.25) is 0 Å². The van der Waals surface area contributed by atoms with Gasteiger partial charge in [-0.05, 0) is 13.3 Å². The van der Waals surface area contributed by atoms with E-state index < -0.39 is 5.60 Å². The summed E-state index contributed by atoms with van der Waals surface area (Å²) in [6, 6.07) is 0.470. The van der Waals surface area contributed by atoms with Crippen molar-refractivity contribution in [3.63, 3.8) is 0 Å². The molecule has 0 spiro atoms. The van der Waals surface area contributed by atoms with E-state index >= 15 is 0 Å². The van der Waals surface area contributed by atoms with E-state index in [2.05, 4.69) is 22.4 Å². The first-order valence-electron chi connectivity index (χ1n) is 6.60. The van der Waals surface area contributed by atoms with Crippen molar-refractivity contribution < 1.29 is 14.0 Å². The van der Waals surface area contributed by atoms with Crippen LogP contribution in [-0.2, 0) is 15.1 Å². The maximum absolute atomic E-state index is 5.88. The zero-order chi connectivity index (χ0) is 12.8. The highest BCUT2D eigenvalue weighted by atomic mass is 16.5. The molecule has 0 atom stereocenters. The van der Waals surface area contributed by atoms with Crippen LogP contribution in [0, 0.1) is 0 Å². The second kappa shape index (κ2) is 6.15. The van der Waals surface area contributed by atoms with Crippen LogP contribution in [0.15, 0.2) is 4.52 Å². The van der Waals surface area contributed by atoms with Gasteiger partial charge in [-0.25, -0.2) is 0 Å². The number of hydrogen-bond donors (Lipinski definition) is 1. The molecule has 1 fully saturated rings. The summed E-state index contributed by atoms with van der Waals surface area (Å²) in [5.41, 5.74) is -0.442. The van der Waals surface area contributed by atoms with E-state index in [0.29, 0.717) is 31.7 Å². The van der Waals surface area contributed by atoms with Crippen molar-refractivity contribution in [3.05, 3.63) is 5.82 Å². The first-order valence-corrected chi connectivity index (χ1v) is 6.60. The molecule has 1 saturated heterocycles. The van der Waals surface area contributed by atoms with E-state index in [4.69, 9.17) is 14.0 Å². The highest BCUT2D eigenvalue weighted by Crippen LogP contribution is 2.34. The predicted octanol–water partition coefficient (Wildman–Crippen LogP) is 1.93. The van der Waals surface area contributed by atoms with Gasteiger partial charge in [0.15, 0.2) is 0 Å². The zero-order valence-corrected chi connectivity index (χ0v) is 11.1. The molecule has 1 N–H and O–H groups in total. The van der Waals surface area contributed by atoms with Gasteiger partial charge in [-0.1, -0.05) is 12.1 Å². The van der Waals surface area contributed by atoms with Gasteiger partial charge in [0.2, 0.25) is 5.82 Å². The highest BCUT2D eigenvalue weighted by Gasteiger charge is 2.39. The Balaban J connectivity index is 2.12. The lowest BCUT2D eigenvalue weighted by atomic mass is 9.93. The van der Waals surface area contributed by atoms with E-state index in [0.717, 1.165) is 25.8 Å². The molecule has 2 rings (SSSR count). The van der Waals surface area contributed by atoms with Gasteiger partial charge in [-0.2, -0.15) is 4.98 Å². The van der Waals surface area contributed by atoms with Gasteiger partial charge in [0, 0.05) is 39.2 Å². The van der Waals surface area contributed by atoms with Crippen molar-refractivity contribution in [2.75, 3.05) is 31.7 Å². The average Bonchev–Trinajstić information content (AvgIpc) is 2.87. The molecule has 1 aliphatic heterocycles. The Morgan fingerprint density at radius 2 is 2.11 bits per heavy atom. The van der Waals surface area contributed by atoms with Crippen molar-refractivity contribution in [2.45, 2.75) is 38.7 Å². The highest BCUT2D eigenvalue weighted by molar-refractivity contribution is 5.20. The first kappa shape index (κ1) is 13.3. The Labute approximate surface area is 107 Å². The summed E-state index contributed by atoms with van der Waals surface area (Å²) in [4.78, 5) is 4.39. The van der Waals surface area contributed by atoms with E-state index in [-0.39, 0.29) is 0 Å². The standard InChI is InChI=1S/C12H21N3O3/c1-3-7-13-11-14-10(15-18-11)12(17-4-2)5-8-16-9-6-12/h3-9H2,1-2H3,(H,13,14,15). The fourth-order valence-electron chi connectivity index (χ4n) is 2.12. The summed E-state index contributed by atoms with van der Waals surface area (Å²) < 4.78 is 16.5. The lowest BCUT2D eigenvalue weighted by Crippen LogP contribution is -2.37. The maximum Gasteiger partial charge on any atom is 0.321 e. The topological polar surface area (TPSA) is 69.4 Å². The second-order valence-electron chi connectivity index (χ2n) is 4.39. The molecule has 0 saturated carbocycles. The molecule has 0 unspecified atom stereocenters. The van der Waals surface area contributed by atoms with E-state index in [1.165, 1.54) is 0 Å². The van der Waals surface area contributed by atoms with Crippen LogP contribution in [0.3, 0.4) is 0 Å². The van der Waals surface area contributed by atoms with E-state index in [9.17, 15) is 0 Å². The number of aromatic nitrogens is 2. The van der Waals surface area contributed by atoms with Gasteiger partial charge >= 0.3 is 6.01 Å². The molecular weight excluding hydrogens is 234 g/mol. The van der Waals surface area contributed by atoms with Gasteiger partial charge in [0.05, 0.1) is 0 Å². The Kier molecular flexibility index (Phi) is 4.54. The number of hydrogen-bond acceptors (Lipinski definition) is 6. The summed E-state index contributed by atoms with van der Waals surface area (Å²) in [6.07, 6.45) is 2.56. The molecule has 1 aromatic rings. The average molecular weight is 255 g/mol. The molecule has 0 aliphatic carbocycles. The van der Waals surface area contributed by atoms with Crippen LogP contribution in [0.2, 0.25) is 0 Å². The van der Waals surface area contributed by atoms with Crippen molar-refractivity contribution in [1.29, 1.82) is 0 Å². The SMILES string of the molecule is CCCNc1nc(C2(OCC)CCOCC2)no1. The molecule has 0 aromatic carbocycles. The molecule has 0 radical (unpaired) electrons. The van der Waals surface area contributed by atoms with Crippen molar-refractivity contribution in [2.24, 2.45) is 0 Å². The first-order chi connectivity index (χ1) is 8.80. The van der Waals surface area contributed by atoms with Gasteiger partial charge in [0.25, 0.3) is 0 Å². The molecule has 6 nitrogen and oxygen atoms in total. The van der Waals surface area contributed by atoms with Gasteiger partial charge < -0.3 is 19.3 Å². The normalized spacial score (nSPS) is 18.8. The van der Waals surface area contributed by atoms with Crippen molar-refractivity contribution in [1.82, 2.24) is 10.1 Å². The molecule has 0 bridgehead atoms. The Bertz CT molecular complexity index is 356. The van der Waals surface area contributed by atoms with Crippen LogP contribution in [0.25, 0.3) is 0 Å². The number of nitrogens with one attached hydrogen (secondary N) is 1. The number of nitrogens with zero attached hydrogens (tertiary/aromatic N) is 2. The van der Waals surface area contributed by atoms with Gasteiger partial charge in [0.1, 0.15) is 5.60 Å². The van der Waals surface area contributed by atoms with Crippen LogP contribution in [0.5, 0.6) is 0 Å². The molecule has 18 heavy (non-hydrogen) atoms. The Morgan fingerprint density at radius 3 is 2.78 bits per heavy atom. The van der Waals surface area contributed by atoms with Crippen LogP contribution in [0.1, 0.15) is 38.9 Å². The minimum absolute atomic E-state index is 0.442. The summed E-state index contributed by atoms with van der Waals surface area (Å²) >= 11 is 0. The number of rotatable bonds is 6. The maximum atomic E-state index is 5.88. The third kappa shape index (κ3) is 2.81. The van der Waals surface area contributed by atoms with Gasteiger partial charge in [-0.15, -0.1) is 0 Å². The van der Waals surface area contributed by atoms with Crippen LogP contribution in [0.4, 0.5) is 6.01 Å². The third-order valence-electron chi connectivity index (χ3n) is 3.08. The summed E-state index contributed by atoms with van der Waals surface area (Å²) in [7, 11) is 0. The Hall–Kier alpha value is -1.14. The monoisotopic (exact) mass is 255 g/mol. The number of ether oxygens (including phenoxy) is 2. The zero-order valence-electron chi connectivity index (χ0n) is 11.1. The molecule has 0 amide bonds. The Morgan fingerprint density at radius 1 is 1.33 bits per heavy atom. The van der Waals surface area contributed by atoms with E-state index in [1.807, 2.05) is 6.92 Å². The summed E-state index contributed by atoms with van der Waals surface area (Å²) in [5.74, 6) is 0.631. The number of anilines is 1. The lowest BCUT2D eigenvalue weighted by molar-refractivity contribution is -0.118. The van der Waals surface area contributed by atoms with Crippen LogP contribution >= 0.6 is 0 Å². The van der Waals surface area contributed by atoms with Crippen molar-refractivity contribution >= 4 is 6.01 Å². The quantitative estimate of drug-likeness (QED) is 0.837. The molecule has 1 aliphatic rings. The molecule has 2 heterocycles. The molecule has 1 aromatic heterocycles. The summed E-state index contributed by atoms with van der Waals surface area (Å²) in [5, 5.41) is 7.14. The molecule has 102 valence electrons. The molecular formula is C12H21N3O3. The van der Waals surface area contributed by atoms with Crippen molar-refractivity contribution in [3.8, 4) is 0 Å². The minimum Gasteiger partial charge on any atom is -0.381 e. The van der Waals surface area contributed by atoms with Crippen LogP contribution < -0.4 is 5.32 Å². The smallest absolute Gasteiger partial charge is 0.321 e. The molecule has 6 heteroatoms. The minimum atomic E-state index is -0.442. The fourth-order valence-corrected chi connectivity index (χ4v) is 2.12. The lowest BCUT2D eigenvalue weighted by Gasteiger charge is -2.33. The summed E-state index contributed by atoms with van der Waals surface area (Å²) in [6.45, 7) is 6.87.